The fourth-order valence-corrected chi connectivity index (χ4v) is 0. The number of carbonyl (C=O) groups excluding carboxylic acids is 13. The van der Waals surface area contributed by atoms with Gasteiger partial charge in [-0.2, -0.15) is 0 Å². The molecule has 0 aliphatic carbocycles. The van der Waals surface area contributed by atoms with Crippen LogP contribution in [0.25, 0.3) is 0 Å². The van der Waals surface area contributed by atoms with Gasteiger partial charge in [0.05, 0.1) is 0 Å². The van der Waals surface area contributed by atoms with Crippen LogP contribution in [0.2, 0.25) is 0 Å². The van der Waals surface area contributed by atoms with E-state index >= 15 is 0 Å². The maximum absolute atomic E-state index is 9.81. The third-order valence-corrected chi connectivity index (χ3v) is 6.47. The number of rotatable bonds is 13. The topological polar surface area (TPSA) is 222 Å². The first-order valence-corrected chi connectivity index (χ1v) is 22.9. The first-order chi connectivity index (χ1) is 29.5. The number of hydrogen-bond donors (Lipinski definition) is 0. The van der Waals surface area contributed by atoms with E-state index < -0.39 is 0 Å². The third-order valence-electron chi connectivity index (χ3n) is 6.47. The number of hydrogen-bond acceptors (Lipinski definition) is 13. The number of Topliss-reactive ketones (excluding diaryl/α,β-unsaturated/α-hetero) is 13. The van der Waals surface area contributed by atoms with Gasteiger partial charge in [0.15, 0.2) is 0 Å². The van der Waals surface area contributed by atoms with E-state index in [9.17, 15) is 62.3 Å². The predicted octanol–water partition coefficient (Wildman–Crippen LogP) is 29.3. The zero-order chi connectivity index (χ0) is 55.7. The van der Waals surface area contributed by atoms with Crippen molar-refractivity contribution in [2.45, 2.75) is 457 Å². The van der Waals surface area contributed by atoms with Crippen molar-refractivity contribution in [3.05, 3.63) is 0 Å². The van der Waals surface area contributed by atoms with Crippen LogP contribution in [0, 0.1) is 0 Å². The van der Waals surface area contributed by atoms with Crippen LogP contribution in [0.1, 0.15) is 457 Å². The maximum atomic E-state index is 9.81. The highest BCUT2D eigenvalue weighted by atomic mass is 16.2. The van der Waals surface area contributed by atoms with E-state index in [1.807, 2.05) is 90.0 Å². The molecular formula is C78H208O13. The molecule has 91 heavy (non-hydrogen) atoms. The number of ketones is 13. The summed E-state index contributed by atoms with van der Waals surface area (Å²) < 4.78 is 0. The highest BCUT2D eigenvalue weighted by Crippen LogP contribution is 1.77. The molecule has 0 fully saturated rings. The highest BCUT2D eigenvalue weighted by Gasteiger charge is 1.82. The van der Waals surface area contributed by atoms with Crippen molar-refractivity contribution in [1.29, 1.82) is 0 Å². The van der Waals surface area contributed by atoms with Crippen molar-refractivity contribution in [2.75, 3.05) is 0 Å². The molecule has 0 saturated heterocycles. The molecule has 0 unspecified atom stereocenters. The second kappa shape index (κ2) is 270. The molecule has 0 aliphatic rings. The van der Waals surface area contributed by atoms with Crippen LogP contribution >= 0.6 is 0 Å². The van der Waals surface area contributed by atoms with Crippen molar-refractivity contribution in [1.82, 2.24) is 0 Å². The lowest BCUT2D eigenvalue weighted by Gasteiger charge is -1.71. The van der Waals surface area contributed by atoms with Crippen LogP contribution < -0.4 is 0 Å². The smallest absolute Gasteiger partial charge is 0.129 e. The molecule has 0 atom stereocenters. The largest absolute Gasteiger partial charge is 0.300 e. The fourth-order valence-electron chi connectivity index (χ4n) is 0. The van der Waals surface area contributed by atoms with Crippen molar-refractivity contribution < 1.29 is 62.3 Å². The van der Waals surface area contributed by atoms with Crippen LogP contribution in [0.5, 0.6) is 0 Å². The Hall–Kier alpha value is -4.29. The Bertz CT molecular complexity index is 850. The van der Waals surface area contributed by atoms with E-state index in [4.69, 9.17) is 0 Å². The molecule has 0 heterocycles. The van der Waals surface area contributed by atoms with Gasteiger partial charge in [0.2, 0.25) is 0 Å². The highest BCUT2D eigenvalue weighted by molar-refractivity contribution is 5.78. The minimum Gasteiger partial charge on any atom is -0.300 e. The Kier molecular flexibility index (Phi) is 831. The Labute approximate surface area is 591 Å². The summed E-state index contributed by atoms with van der Waals surface area (Å²) in [6.07, 6.45) is 8.67. The molecule has 0 saturated carbocycles. The second-order valence-corrected chi connectivity index (χ2v) is 13.7. The average molecular weight is 1350 g/mol. The molecule has 0 aromatic rings. The summed E-state index contributed by atoms with van der Waals surface area (Å²) in [4.78, 5) is 128. The third kappa shape index (κ3) is 1270. The van der Waals surface area contributed by atoms with E-state index in [-0.39, 0.29) is 268 Å². The Balaban J connectivity index is -0.00000000850. The SMILES string of the molecule is C.C.C.C.C.C.C.C.C.C.C.C.C.C.C.C.C.C.C.C.C.C.C.C.C.C.CCC(C)=O.CCC(C)=O.CCC(C)=O.CCC(C)=O.CCC(C)=O.CCC(C)=O.CCC(C)=O.CCC(C)=O.CCC(C)=O.CCC(C)=O.CCC(C)=O.CCC(C)=O.CCC(C)=O. The molecule has 598 valence electrons. The first kappa shape index (κ1) is 280. The molecule has 0 aromatic carbocycles. The van der Waals surface area contributed by atoms with Gasteiger partial charge in [0.1, 0.15) is 75.2 Å². The van der Waals surface area contributed by atoms with E-state index in [1.165, 1.54) is 0 Å². The van der Waals surface area contributed by atoms with Gasteiger partial charge in [0.25, 0.3) is 0 Å². The molecule has 0 spiro atoms. The molecule has 0 bridgehead atoms. The lowest BCUT2D eigenvalue weighted by atomic mass is 10.4. The van der Waals surface area contributed by atoms with Crippen LogP contribution in [-0.2, 0) is 62.3 Å². The molecule has 0 aromatic heterocycles. The van der Waals surface area contributed by atoms with Crippen LogP contribution in [0.3, 0.4) is 0 Å². The van der Waals surface area contributed by atoms with Crippen LogP contribution in [-0.4, -0.2) is 75.2 Å². The summed E-state index contributed by atoms with van der Waals surface area (Å²) in [7, 11) is 0. The van der Waals surface area contributed by atoms with Gasteiger partial charge in [0, 0.05) is 83.5 Å². The standard InChI is InChI=1S/13C4H8O.26CH4/c13*1-3-4(2)5;;;;;;;;;;;;;;;;;;;;;;;;;;/h13*3H2,1-2H3;26*1H4. The zero-order valence-corrected chi connectivity index (χ0v) is 47.0. The molecule has 0 N–H and O–H groups in total. The molecule has 0 amide bonds. The van der Waals surface area contributed by atoms with Crippen LogP contribution in [0.4, 0.5) is 0 Å². The van der Waals surface area contributed by atoms with Gasteiger partial charge in [-0.25, -0.2) is 0 Å². The summed E-state index contributed by atoms with van der Waals surface area (Å²) in [5, 5.41) is 0. The summed E-state index contributed by atoms with van der Waals surface area (Å²) in [5.41, 5.74) is 0. The van der Waals surface area contributed by atoms with Gasteiger partial charge < -0.3 is 62.3 Å². The summed E-state index contributed by atoms with van der Waals surface area (Å²) in [6, 6.07) is 0. The van der Waals surface area contributed by atoms with Crippen molar-refractivity contribution in [3.8, 4) is 0 Å². The summed E-state index contributed by atoms with van der Waals surface area (Å²) in [5.74, 6) is 3.31. The van der Waals surface area contributed by atoms with Gasteiger partial charge >= 0.3 is 0 Å². The van der Waals surface area contributed by atoms with E-state index in [0.717, 1.165) is 0 Å². The quantitative estimate of drug-likeness (QED) is 0.168. The average Bonchev–Trinajstić information content (AvgIpc) is 3.25. The lowest BCUT2D eigenvalue weighted by Crippen LogP contribution is -1.80. The molecular weight excluding hydrogens is 1140 g/mol. The Morgan fingerprint density at radius 1 is 0.110 bits per heavy atom. The summed E-state index contributed by atoms with van der Waals surface area (Å²) >= 11 is 0. The predicted molar refractivity (Wildman–Crippen MR) is 448 cm³/mol. The van der Waals surface area contributed by atoms with E-state index in [0.29, 0.717) is 83.5 Å². The van der Waals surface area contributed by atoms with E-state index in [2.05, 4.69) is 0 Å². The molecule has 13 nitrogen and oxygen atoms in total. The second-order valence-electron chi connectivity index (χ2n) is 13.7. The molecule has 0 radical (unpaired) electrons. The maximum Gasteiger partial charge on any atom is 0.129 e. The molecule has 0 aliphatic heterocycles. The van der Waals surface area contributed by atoms with Crippen LogP contribution in [0.15, 0.2) is 0 Å². The first-order valence-electron chi connectivity index (χ1n) is 22.9. The Morgan fingerprint density at radius 3 is 0.121 bits per heavy atom. The fraction of sp³-hybridized carbons (Fsp3) is 0.833. The minimum atomic E-state index is 0. The zero-order valence-electron chi connectivity index (χ0n) is 47.0. The van der Waals surface area contributed by atoms with Gasteiger partial charge in [-0.05, 0) is 90.0 Å². The Morgan fingerprint density at radius 2 is 0.121 bits per heavy atom. The molecule has 0 rings (SSSR count). The minimum absolute atomic E-state index is 0. The van der Waals surface area contributed by atoms with Crippen molar-refractivity contribution in [2.24, 2.45) is 0 Å². The van der Waals surface area contributed by atoms with Crippen molar-refractivity contribution in [3.63, 3.8) is 0 Å². The monoisotopic (exact) mass is 1350 g/mol. The summed E-state index contributed by atoms with van der Waals surface area (Å²) in [6.45, 7) is 44.6. The van der Waals surface area contributed by atoms with Crippen molar-refractivity contribution >= 4 is 75.2 Å². The van der Waals surface area contributed by atoms with E-state index in [1.54, 1.807) is 90.0 Å². The van der Waals surface area contributed by atoms with Gasteiger partial charge in [-0.15, -0.1) is 0 Å². The van der Waals surface area contributed by atoms with Gasteiger partial charge in [-0.1, -0.05) is 283 Å². The lowest BCUT2D eigenvalue weighted by molar-refractivity contribution is -0.117. The molecule has 13 heteroatoms. The van der Waals surface area contributed by atoms with Gasteiger partial charge in [-0.3, -0.25) is 0 Å². The normalized spacial score (nSPS) is 5.43. The number of carbonyl (C=O) groups is 13.